The fraction of sp³-hybridized carbons (Fsp3) is 0.611. The molecule has 0 bridgehead atoms. The number of nitrogens with zero attached hydrogens (tertiary/aromatic N) is 2. The van der Waals surface area contributed by atoms with Crippen LogP contribution in [0.15, 0.2) is 6.07 Å². The molecule has 0 radical (unpaired) electrons. The van der Waals surface area contributed by atoms with Crippen molar-refractivity contribution in [2.45, 2.75) is 41.5 Å². The Hall–Kier alpha value is -2.91. The average Bonchev–Trinajstić information content (AvgIpc) is 2.54. The summed E-state index contributed by atoms with van der Waals surface area (Å²) in [5.74, 6) is -1.14. The number of esters is 1. The number of hydrogen-bond acceptors (Lipinski definition) is 8. The van der Waals surface area contributed by atoms with Crippen LogP contribution in [-0.4, -0.2) is 36.0 Å². The molecular formula is C18H28N4O6. The van der Waals surface area contributed by atoms with Crippen LogP contribution >= 0.6 is 0 Å². The number of carbonyl (C=O) groups is 1. The maximum atomic E-state index is 12.3. The molecule has 0 aliphatic heterocycles. The number of benzene rings is 1. The number of nitrogens with one attached hydrogen (secondary N) is 2. The Bertz CT molecular complexity index is 724. The van der Waals surface area contributed by atoms with E-state index in [0.717, 1.165) is 7.11 Å². The lowest BCUT2D eigenvalue weighted by atomic mass is 9.96. The van der Waals surface area contributed by atoms with Gasteiger partial charge in [0.1, 0.15) is 11.4 Å². The van der Waals surface area contributed by atoms with Gasteiger partial charge in [0, 0.05) is 13.1 Å². The fourth-order valence-electron chi connectivity index (χ4n) is 2.33. The van der Waals surface area contributed by atoms with Gasteiger partial charge >= 0.3 is 17.3 Å². The highest BCUT2D eigenvalue weighted by Gasteiger charge is 2.38. The predicted octanol–water partition coefficient (Wildman–Crippen LogP) is 4.21. The first kappa shape index (κ1) is 23.1. The molecule has 0 aliphatic rings. The molecule has 1 aromatic carbocycles. The molecule has 1 aromatic rings. The van der Waals surface area contributed by atoms with Gasteiger partial charge in [-0.25, -0.2) is 4.79 Å². The highest BCUT2D eigenvalue weighted by atomic mass is 16.6. The quantitative estimate of drug-likeness (QED) is 0.397. The molecule has 0 unspecified atom stereocenters. The fourth-order valence-corrected chi connectivity index (χ4v) is 2.33. The minimum atomic E-state index is -1.14. The third-order valence-corrected chi connectivity index (χ3v) is 3.65. The summed E-state index contributed by atoms with van der Waals surface area (Å²) in [4.78, 5) is 34.1. The molecule has 0 amide bonds. The van der Waals surface area contributed by atoms with Gasteiger partial charge in [0.2, 0.25) is 5.56 Å². The molecule has 0 aliphatic carbocycles. The standard InChI is InChI=1S/C18H28N4O6/c1-17(2,3)9-19-11-8-12(20-10-18(4,5)6)15(22(26)27)13(16(23)28-7)14(11)21(24)25/h8,19-20H,9-10H2,1-7H3. The van der Waals surface area contributed by atoms with Crippen LogP contribution in [0.3, 0.4) is 0 Å². The van der Waals surface area contributed by atoms with Crippen LogP contribution in [-0.2, 0) is 4.74 Å². The minimum absolute atomic E-state index is 0.0161. The second-order valence-electron chi connectivity index (χ2n) is 8.88. The zero-order chi connectivity index (χ0) is 21.9. The monoisotopic (exact) mass is 396 g/mol. The zero-order valence-corrected chi connectivity index (χ0v) is 17.3. The van der Waals surface area contributed by atoms with E-state index in [-0.39, 0.29) is 22.2 Å². The summed E-state index contributed by atoms with van der Waals surface area (Å²) in [5, 5.41) is 29.3. The lowest BCUT2D eigenvalue weighted by molar-refractivity contribution is -0.393. The summed E-state index contributed by atoms with van der Waals surface area (Å²) in [5.41, 5.74) is -2.45. The molecule has 1 rings (SSSR count). The molecule has 156 valence electrons. The molecule has 0 heterocycles. The number of nitro groups is 2. The Labute approximate surface area is 163 Å². The van der Waals surface area contributed by atoms with E-state index >= 15 is 0 Å². The van der Waals surface area contributed by atoms with Gasteiger partial charge in [0.25, 0.3) is 0 Å². The Kier molecular flexibility index (Phi) is 6.94. The van der Waals surface area contributed by atoms with E-state index in [2.05, 4.69) is 15.4 Å². The maximum absolute atomic E-state index is 12.3. The summed E-state index contributed by atoms with van der Waals surface area (Å²) >= 11 is 0. The van der Waals surface area contributed by atoms with Gasteiger partial charge in [-0.3, -0.25) is 20.2 Å². The largest absolute Gasteiger partial charge is 0.465 e. The molecule has 28 heavy (non-hydrogen) atoms. The van der Waals surface area contributed by atoms with Gasteiger partial charge in [-0.1, -0.05) is 41.5 Å². The Morgan fingerprint density at radius 2 is 1.29 bits per heavy atom. The number of nitro benzene ring substituents is 2. The minimum Gasteiger partial charge on any atom is -0.465 e. The predicted molar refractivity (Wildman–Crippen MR) is 107 cm³/mol. The van der Waals surface area contributed by atoms with Crippen LogP contribution in [0.5, 0.6) is 0 Å². The Morgan fingerprint density at radius 1 is 0.929 bits per heavy atom. The number of carbonyl (C=O) groups excluding carboxylic acids is 1. The van der Waals surface area contributed by atoms with Crippen molar-refractivity contribution in [3.05, 3.63) is 31.9 Å². The summed E-state index contributed by atoms with van der Waals surface area (Å²) in [6.07, 6.45) is 0. The van der Waals surface area contributed by atoms with Gasteiger partial charge < -0.3 is 15.4 Å². The van der Waals surface area contributed by atoms with Gasteiger partial charge in [-0.05, 0) is 16.9 Å². The Balaban J connectivity index is 3.76. The van der Waals surface area contributed by atoms with Crippen LogP contribution < -0.4 is 10.6 Å². The second kappa shape index (κ2) is 8.41. The van der Waals surface area contributed by atoms with E-state index in [1.807, 2.05) is 41.5 Å². The number of methoxy groups -OCH3 is 1. The lowest BCUT2D eigenvalue weighted by Crippen LogP contribution is -2.23. The van der Waals surface area contributed by atoms with Crippen molar-refractivity contribution >= 4 is 28.7 Å². The maximum Gasteiger partial charge on any atom is 0.352 e. The van der Waals surface area contributed by atoms with Crippen molar-refractivity contribution in [2.24, 2.45) is 10.8 Å². The van der Waals surface area contributed by atoms with E-state index < -0.39 is 32.8 Å². The van der Waals surface area contributed by atoms with E-state index in [9.17, 15) is 25.0 Å². The average molecular weight is 396 g/mol. The van der Waals surface area contributed by atoms with Crippen molar-refractivity contribution in [2.75, 3.05) is 30.8 Å². The Morgan fingerprint density at radius 3 is 1.54 bits per heavy atom. The summed E-state index contributed by atoms with van der Waals surface area (Å²) in [6.45, 7) is 12.3. The number of anilines is 2. The van der Waals surface area contributed by atoms with E-state index in [4.69, 9.17) is 0 Å². The van der Waals surface area contributed by atoms with Crippen LogP contribution in [0.2, 0.25) is 0 Å². The third kappa shape index (κ3) is 6.07. The first-order valence-corrected chi connectivity index (χ1v) is 8.74. The number of hydrogen-bond donors (Lipinski definition) is 2. The van der Waals surface area contributed by atoms with E-state index in [0.29, 0.717) is 13.1 Å². The molecule has 0 saturated heterocycles. The molecule has 0 fully saturated rings. The molecule has 0 aromatic heterocycles. The molecule has 10 nitrogen and oxygen atoms in total. The summed E-state index contributed by atoms with van der Waals surface area (Å²) < 4.78 is 4.62. The zero-order valence-electron chi connectivity index (χ0n) is 17.3. The van der Waals surface area contributed by atoms with Gasteiger partial charge in [0.05, 0.1) is 17.0 Å². The molecular weight excluding hydrogens is 368 g/mol. The smallest absolute Gasteiger partial charge is 0.352 e. The third-order valence-electron chi connectivity index (χ3n) is 3.65. The number of rotatable bonds is 7. The van der Waals surface area contributed by atoms with Crippen LogP contribution in [0, 0.1) is 31.1 Å². The molecule has 0 atom stereocenters. The molecule has 0 spiro atoms. The van der Waals surface area contributed by atoms with Crippen molar-refractivity contribution in [3.63, 3.8) is 0 Å². The highest BCUT2D eigenvalue weighted by molar-refractivity contribution is 6.04. The van der Waals surface area contributed by atoms with Crippen molar-refractivity contribution in [1.82, 2.24) is 0 Å². The van der Waals surface area contributed by atoms with Crippen LogP contribution in [0.1, 0.15) is 51.9 Å². The topological polar surface area (TPSA) is 137 Å². The van der Waals surface area contributed by atoms with Crippen molar-refractivity contribution in [1.29, 1.82) is 0 Å². The van der Waals surface area contributed by atoms with Crippen molar-refractivity contribution < 1.29 is 19.4 Å². The first-order valence-electron chi connectivity index (χ1n) is 8.74. The molecule has 0 saturated carbocycles. The van der Waals surface area contributed by atoms with Crippen molar-refractivity contribution in [3.8, 4) is 0 Å². The number of ether oxygens (including phenoxy) is 1. The van der Waals surface area contributed by atoms with Crippen LogP contribution in [0.25, 0.3) is 0 Å². The van der Waals surface area contributed by atoms with E-state index in [1.165, 1.54) is 6.07 Å². The van der Waals surface area contributed by atoms with Gasteiger partial charge in [0.15, 0.2) is 0 Å². The lowest BCUT2D eigenvalue weighted by Gasteiger charge is -2.22. The molecule has 2 N–H and O–H groups in total. The summed E-state index contributed by atoms with van der Waals surface area (Å²) in [7, 11) is 1.02. The first-order chi connectivity index (χ1) is 12.7. The SMILES string of the molecule is COC(=O)c1c([N+](=O)[O-])c(NCC(C)(C)C)cc(NCC(C)(C)C)c1[N+](=O)[O-]. The highest BCUT2D eigenvalue weighted by Crippen LogP contribution is 2.42. The summed E-state index contributed by atoms with van der Waals surface area (Å²) in [6, 6.07) is 1.31. The van der Waals surface area contributed by atoms with Gasteiger partial charge in [-0.2, -0.15) is 0 Å². The van der Waals surface area contributed by atoms with Crippen LogP contribution in [0.4, 0.5) is 22.7 Å². The molecule has 10 heteroatoms. The normalized spacial score (nSPS) is 11.7. The van der Waals surface area contributed by atoms with Gasteiger partial charge in [-0.15, -0.1) is 0 Å². The second-order valence-corrected chi connectivity index (χ2v) is 8.88. The van der Waals surface area contributed by atoms with E-state index in [1.54, 1.807) is 0 Å².